The third kappa shape index (κ3) is 1.47. The maximum absolute atomic E-state index is 12.1. The van der Waals surface area contributed by atoms with Crippen molar-refractivity contribution in [2.24, 2.45) is 0 Å². The van der Waals surface area contributed by atoms with Crippen LogP contribution in [0.3, 0.4) is 0 Å². The molecular weight excluding hydrogens is 234 g/mol. The first-order valence-corrected chi connectivity index (χ1v) is 6.34. The van der Waals surface area contributed by atoms with Crippen molar-refractivity contribution in [2.75, 3.05) is 12.3 Å². The predicted molar refractivity (Wildman–Crippen MR) is 59.4 cm³/mol. The van der Waals surface area contributed by atoms with E-state index in [0.29, 0.717) is 16.9 Å². The summed E-state index contributed by atoms with van der Waals surface area (Å²) < 4.78 is 4.94. The van der Waals surface area contributed by atoms with Gasteiger partial charge in [-0.3, -0.25) is 4.79 Å². The zero-order valence-electron chi connectivity index (χ0n) is 7.98. The predicted octanol–water partition coefficient (Wildman–Crippen LogP) is 2.26. The highest BCUT2D eigenvalue weighted by molar-refractivity contribution is 8.00. The van der Waals surface area contributed by atoms with Gasteiger partial charge in [-0.25, -0.2) is 0 Å². The largest absolute Gasteiger partial charge is 0.452 e. The summed E-state index contributed by atoms with van der Waals surface area (Å²) in [6.07, 6.45) is 2.59. The van der Waals surface area contributed by atoms with E-state index in [-0.39, 0.29) is 11.1 Å². The molecular formula is C10H10ClNO2S. The molecule has 15 heavy (non-hydrogen) atoms. The van der Waals surface area contributed by atoms with Gasteiger partial charge in [0.1, 0.15) is 0 Å². The van der Waals surface area contributed by atoms with Gasteiger partial charge in [0, 0.05) is 23.6 Å². The molecule has 1 aromatic heterocycles. The molecule has 0 aliphatic carbocycles. The molecule has 3 heterocycles. The van der Waals surface area contributed by atoms with Gasteiger partial charge in [-0.05, 0) is 24.1 Å². The highest BCUT2D eigenvalue weighted by Crippen LogP contribution is 2.38. The van der Waals surface area contributed by atoms with E-state index in [4.69, 9.17) is 16.0 Å². The molecule has 2 bridgehead atoms. The third-order valence-corrected chi connectivity index (χ3v) is 4.69. The molecule has 1 amide bonds. The molecule has 1 aromatic rings. The molecule has 2 atom stereocenters. The fraction of sp³-hybridized carbons (Fsp3) is 0.500. The number of carbonyl (C=O) groups is 1. The lowest BCUT2D eigenvalue weighted by Gasteiger charge is -2.26. The molecule has 0 saturated carbocycles. The van der Waals surface area contributed by atoms with Crippen molar-refractivity contribution in [3.63, 3.8) is 0 Å². The number of hydrogen-bond acceptors (Lipinski definition) is 3. The van der Waals surface area contributed by atoms with E-state index in [0.717, 1.165) is 18.7 Å². The van der Waals surface area contributed by atoms with Crippen LogP contribution in [0.25, 0.3) is 0 Å². The van der Waals surface area contributed by atoms with Gasteiger partial charge in [0.2, 0.25) is 5.22 Å². The number of amides is 1. The van der Waals surface area contributed by atoms with Gasteiger partial charge in [0.25, 0.3) is 5.91 Å². The quantitative estimate of drug-likeness (QED) is 0.759. The molecule has 0 radical (unpaired) electrons. The number of rotatable bonds is 1. The van der Waals surface area contributed by atoms with Crippen molar-refractivity contribution >= 4 is 29.3 Å². The third-order valence-electron chi connectivity index (χ3n) is 3.01. The number of hydrogen-bond donors (Lipinski definition) is 0. The van der Waals surface area contributed by atoms with Crippen molar-refractivity contribution in [1.29, 1.82) is 0 Å². The Balaban J connectivity index is 1.84. The Morgan fingerprint density at radius 1 is 1.67 bits per heavy atom. The van der Waals surface area contributed by atoms with Crippen molar-refractivity contribution in [2.45, 2.75) is 17.7 Å². The van der Waals surface area contributed by atoms with Crippen LogP contribution in [0.4, 0.5) is 0 Å². The molecule has 0 spiro atoms. The van der Waals surface area contributed by atoms with E-state index < -0.39 is 0 Å². The van der Waals surface area contributed by atoms with E-state index in [1.165, 1.54) is 6.26 Å². The Kier molecular flexibility index (Phi) is 2.21. The maximum Gasteiger partial charge on any atom is 0.259 e. The molecule has 0 N–H and O–H groups in total. The zero-order chi connectivity index (χ0) is 10.4. The molecule has 3 rings (SSSR count). The van der Waals surface area contributed by atoms with E-state index in [1.807, 2.05) is 16.7 Å². The number of halogens is 1. The average molecular weight is 244 g/mol. The zero-order valence-corrected chi connectivity index (χ0v) is 9.55. The maximum atomic E-state index is 12.1. The number of nitrogens with zero attached hydrogens (tertiary/aromatic N) is 1. The summed E-state index contributed by atoms with van der Waals surface area (Å²) in [6, 6.07) is 2.04. The van der Waals surface area contributed by atoms with E-state index in [9.17, 15) is 4.79 Å². The molecule has 80 valence electrons. The fourth-order valence-corrected chi connectivity index (χ4v) is 3.88. The van der Waals surface area contributed by atoms with Crippen LogP contribution in [0, 0.1) is 0 Å². The summed E-state index contributed by atoms with van der Waals surface area (Å²) >= 11 is 7.76. The minimum Gasteiger partial charge on any atom is -0.452 e. The van der Waals surface area contributed by atoms with Crippen LogP contribution in [0.15, 0.2) is 16.7 Å². The highest BCUT2D eigenvalue weighted by atomic mass is 35.5. The van der Waals surface area contributed by atoms with E-state index in [1.54, 1.807) is 6.07 Å². The Hall–Kier alpha value is -0.610. The highest BCUT2D eigenvalue weighted by Gasteiger charge is 2.41. The smallest absolute Gasteiger partial charge is 0.259 e. The fourth-order valence-electron chi connectivity index (χ4n) is 2.25. The van der Waals surface area contributed by atoms with Crippen LogP contribution in [-0.4, -0.2) is 34.4 Å². The molecule has 2 unspecified atom stereocenters. The summed E-state index contributed by atoms with van der Waals surface area (Å²) in [6.45, 7) is 0.857. The Morgan fingerprint density at radius 3 is 3.07 bits per heavy atom. The van der Waals surface area contributed by atoms with E-state index >= 15 is 0 Å². The second-order valence-electron chi connectivity index (χ2n) is 3.91. The van der Waals surface area contributed by atoms with Gasteiger partial charge in [0.05, 0.1) is 11.8 Å². The first-order chi connectivity index (χ1) is 7.25. The number of carbonyl (C=O) groups excluding carboxylic acids is 1. The van der Waals surface area contributed by atoms with Crippen molar-refractivity contribution in [1.82, 2.24) is 4.90 Å². The lowest BCUT2D eigenvalue weighted by molar-refractivity contribution is 0.0747. The Labute approximate surface area is 96.8 Å². The minimum absolute atomic E-state index is 0.0153. The summed E-state index contributed by atoms with van der Waals surface area (Å²) in [5.41, 5.74) is 0.495. The SMILES string of the molecule is O=C(c1ccoc1Cl)N1CC2CC1CS2. The summed E-state index contributed by atoms with van der Waals surface area (Å²) in [5.74, 6) is 1.08. The Morgan fingerprint density at radius 2 is 2.53 bits per heavy atom. The molecule has 3 nitrogen and oxygen atoms in total. The van der Waals surface area contributed by atoms with Crippen LogP contribution in [-0.2, 0) is 0 Å². The molecule has 2 fully saturated rings. The number of thioether (sulfide) groups is 1. The van der Waals surface area contributed by atoms with Crippen molar-refractivity contribution in [3.05, 3.63) is 23.1 Å². The van der Waals surface area contributed by atoms with Crippen LogP contribution in [0.5, 0.6) is 0 Å². The van der Waals surface area contributed by atoms with Crippen LogP contribution in [0.2, 0.25) is 5.22 Å². The van der Waals surface area contributed by atoms with E-state index in [2.05, 4.69) is 0 Å². The van der Waals surface area contributed by atoms with Gasteiger partial charge in [-0.1, -0.05) is 0 Å². The van der Waals surface area contributed by atoms with Crippen LogP contribution >= 0.6 is 23.4 Å². The van der Waals surface area contributed by atoms with Gasteiger partial charge in [-0.15, -0.1) is 0 Å². The topological polar surface area (TPSA) is 33.5 Å². The van der Waals surface area contributed by atoms with Gasteiger partial charge in [0.15, 0.2) is 0 Å². The van der Waals surface area contributed by atoms with Crippen molar-refractivity contribution in [3.8, 4) is 0 Å². The summed E-state index contributed by atoms with van der Waals surface area (Å²) in [7, 11) is 0. The molecule has 5 heteroatoms. The van der Waals surface area contributed by atoms with Gasteiger partial charge in [-0.2, -0.15) is 11.8 Å². The number of likely N-dealkylation sites (tertiary alicyclic amines) is 1. The van der Waals surface area contributed by atoms with Crippen LogP contribution in [0.1, 0.15) is 16.8 Å². The first kappa shape index (κ1) is 9.60. The number of furan rings is 1. The second kappa shape index (κ2) is 3.46. The molecule has 2 aliphatic heterocycles. The lowest BCUT2D eigenvalue weighted by atomic mass is 10.2. The number of fused-ring (bicyclic) bond motifs is 2. The summed E-state index contributed by atoms with van der Waals surface area (Å²) in [5, 5.41) is 0.833. The first-order valence-electron chi connectivity index (χ1n) is 4.91. The molecule has 2 aliphatic rings. The second-order valence-corrected chi connectivity index (χ2v) is 5.59. The van der Waals surface area contributed by atoms with Gasteiger partial charge < -0.3 is 9.32 Å². The lowest BCUT2D eigenvalue weighted by Crippen LogP contribution is -2.39. The van der Waals surface area contributed by atoms with Gasteiger partial charge >= 0.3 is 0 Å². The summed E-state index contributed by atoms with van der Waals surface area (Å²) in [4.78, 5) is 14.0. The average Bonchev–Trinajstić information content (AvgIpc) is 2.91. The van der Waals surface area contributed by atoms with Crippen molar-refractivity contribution < 1.29 is 9.21 Å². The van der Waals surface area contributed by atoms with Crippen LogP contribution < -0.4 is 0 Å². The minimum atomic E-state index is 0.0153. The standard InChI is InChI=1S/C10H10ClNO2S/c11-9-8(1-2-14-9)10(13)12-4-7-3-6(12)5-15-7/h1-2,6-7H,3-5H2. The molecule has 0 aromatic carbocycles. The normalized spacial score (nSPS) is 28.7. The Bertz CT molecular complexity index is 406. The monoisotopic (exact) mass is 243 g/mol. The molecule has 2 saturated heterocycles.